The molecule has 9 heteroatoms. The molecule has 7 atom stereocenters. The third-order valence-corrected chi connectivity index (χ3v) is 10.8. The van der Waals surface area contributed by atoms with Crippen LogP contribution in [0.15, 0.2) is 24.3 Å². The summed E-state index contributed by atoms with van der Waals surface area (Å²) in [7, 11) is 0. The summed E-state index contributed by atoms with van der Waals surface area (Å²) in [5, 5.41) is 54.1. The van der Waals surface area contributed by atoms with Crippen molar-refractivity contribution in [2.45, 2.75) is 243 Å². The zero-order chi connectivity index (χ0) is 39.5. The molecular formula is C45H85NO8. The Kier molecular flexibility index (Phi) is 33.8. The highest BCUT2D eigenvalue weighted by Gasteiger charge is 2.44. The van der Waals surface area contributed by atoms with Gasteiger partial charge in [0, 0.05) is 6.42 Å². The number of carbonyl (C=O) groups is 1. The average Bonchev–Trinajstić information content (AvgIpc) is 3.17. The van der Waals surface area contributed by atoms with Gasteiger partial charge in [-0.25, -0.2) is 0 Å². The van der Waals surface area contributed by atoms with Gasteiger partial charge in [-0.3, -0.25) is 4.79 Å². The maximum atomic E-state index is 12.9. The predicted molar refractivity (Wildman–Crippen MR) is 221 cm³/mol. The fourth-order valence-electron chi connectivity index (χ4n) is 7.11. The number of aliphatic hydroxyl groups is 5. The van der Waals surface area contributed by atoms with E-state index in [1.165, 1.54) is 141 Å². The number of ether oxygens (including phenoxy) is 2. The second-order valence-electron chi connectivity index (χ2n) is 15.8. The normalized spacial score (nSPS) is 21.6. The monoisotopic (exact) mass is 768 g/mol. The number of hydrogen-bond acceptors (Lipinski definition) is 8. The second-order valence-corrected chi connectivity index (χ2v) is 15.8. The van der Waals surface area contributed by atoms with Crippen molar-refractivity contribution in [1.82, 2.24) is 5.32 Å². The SMILES string of the molecule is CCCCCCCCCCCC/C=C/CC/C=C/C(O)C(COC1OC(CO)C(O)C(O)C1O)NC(=O)CCCCCCCCCCCCCCCCC. The van der Waals surface area contributed by atoms with Crippen molar-refractivity contribution in [2.75, 3.05) is 13.2 Å². The number of rotatable bonds is 37. The van der Waals surface area contributed by atoms with Crippen LogP contribution < -0.4 is 5.32 Å². The topological polar surface area (TPSA) is 149 Å². The van der Waals surface area contributed by atoms with Gasteiger partial charge in [0.1, 0.15) is 24.4 Å². The molecule has 54 heavy (non-hydrogen) atoms. The number of nitrogens with one attached hydrogen (secondary N) is 1. The summed E-state index contributed by atoms with van der Waals surface area (Å²) >= 11 is 0. The minimum absolute atomic E-state index is 0.186. The molecule has 7 unspecified atom stereocenters. The first kappa shape index (κ1) is 50.7. The van der Waals surface area contributed by atoms with Crippen molar-refractivity contribution in [1.29, 1.82) is 0 Å². The molecule has 0 aliphatic carbocycles. The summed E-state index contributed by atoms with van der Waals surface area (Å²) in [5.41, 5.74) is 0. The molecule has 6 N–H and O–H groups in total. The lowest BCUT2D eigenvalue weighted by molar-refractivity contribution is -0.302. The average molecular weight is 768 g/mol. The number of unbranched alkanes of at least 4 members (excludes halogenated alkanes) is 25. The van der Waals surface area contributed by atoms with Crippen molar-refractivity contribution in [3.05, 3.63) is 24.3 Å². The molecule has 0 aromatic heterocycles. The van der Waals surface area contributed by atoms with Gasteiger partial charge in [-0.05, 0) is 32.1 Å². The summed E-state index contributed by atoms with van der Waals surface area (Å²) in [5.74, 6) is -0.186. The standard InChI is InChI=1S/C45H85NO8/c1-3-5-7-9-11-13-15-17-19-21-22-24-26-28-30-32-34-39(48)38(37-53-45-44(52)43(51)42(50)40(36-47)54-45)46-41(49)35-33-31-29-27-25-23-20-18-16-14-12-10-8-6-4-2/h24,26,32,34,38-40,42-45,47-48,50-52H,3-23,25,27-31,33,35-37H2,1-2H3,(H,46,49)/b26-24+,34-32+. The van der Waals surface area contributed by atoms with Crippen molar-refractivity contribution in [3.63, 3.8) is 0 Å². The van der Waals surface area contributed by atoms with Crippen molar-refractivity contribution in [2.24, 2.45) is 0 Å². The molecule has 1 saturated heterocycles. The molecular weight excluding hydrogens is 682 g/mol. The quantitative estimate of drug-likeness (QED) is 0.0271. The van der Waals surface area contributed by atoms with E-state index in [-0.39, 0.29) is 12.5 Å². The maximum absolute atomic E-state index is 12.9. The lowest BCUT2D eigenvalue weighted by Crippen LogP contribution is -2.60. The highest BCUT2D eigenvalue weighted by molar-refractivity contribution is 5.76. The van der Waals surface area contributed by atoms with E-state index in [9.17, 15) is 30.3 Å². The van der Waals surface area contributed by atoms with E-state index < -0.39 is 49.5 Å². The summed E-state index contributed by atoms with van der Waals surface area (Å²) in [6, 6.07) is -0.815. The molecule has 318 valence electrons. The van der Waals surface area contributed by atoms with E-state index in [1.54, 1.807) is 6.08 Å². The van der Waals surface area contributed by atoms with Gasteiger partial charge in [-0.15, -0.1) is 0 Å². The van der Waals surface area contributed by atoms with Crippen molar-refractivity contribution in [3.8, 4) is 0 Å². The van der Waals surface area contributed by atoms with Crippen LogP contribution in [-0.2, 0) is 14.3 Å². The zero-order valence-electron chi connectivity index (χ0n) is 34.7. The van der Waals surface area contributed by atoms with Gasteiger partial charge in [-0.1, -0.05) is 186 Å². The summed E-state index contributed by atoms with van der Waals surface area (Å²) in [6.45, 7) is 3.75. The van der Waals surface area contributed by atoms with E-state index in [1.807, 2.05) is 6.08 Å². The largest absolute Gasteiger partial charge is 0.394 e. The molecule has 0 radical (unpaired) electrons. The van der Waals surface area contributed by atoms with E-state index in [2.05, 4.69) is 31.3 Å². The van der Waals surface area contributed by atoms with Gasteiger partial charge >= 0.3 is 0 Å². The van der Waals surface area contributed by atoms with Crippen LogP contribution in [0.4, 0.5) is 0 Å². The Morgan fingerprint density at radius 1 is 0.611 bits per heavy atom. The Bertz CT molecular complexity index is 899. The fourth-order valence-corrected chi connectivity index (χ4v) is 7.11. The molecule has 0 aromatic rings. The first-order valence-electron chi connectivity index (χ1n) is 22.6. The maximum Gasteiger partial charge on any atom is 0.220 e. The Balaban J connectivity index is 2.40. The van der Waals surface area contributed by atoms with Crippen LogP contribution >= 0.6 is 0 Å². The molecule has 0 bridgehead atoms. The third-order valence-electron chi connectivity index (χ3n) is 10.8. The lowest BCUT2D eigenvalue weighted by Gasteiger charge is -2.40. The zero-order valence-corrected chi connectivity index (χ0v) is 34.7. The van der Waals surface area contributed by atoms with E-state index in [0.717, 1.165) is 38.5 Å². The van der Waals surface area contributed by atoms with Crippen LogP contribution in [0.2, 0.25) is 0 Å². The van der Waals surface area contributed by atoms with Gasteiger partial charge in [0.05, 0.1) is 25.4 Å². The van der Waals surface area contributed by atoms with E-state index in [4.69, 9.17) is 9.47 Å². The molecule has 0 spiro atoms. The second kappa shape index (κ2) is 36.0. The Labute approximate surface area is 330 Å². The van der Waals surface area contributed by atoms with E-state index in [0.29, 0.717) is 6.42 Å². The van der Waals surface area contributed by atoms with Gasteiger partial charge in [0.15, 0.2) is 6.29 Å². The smallest absolute Gasteiger partial charge is 0.220 e. The van der Waals surface area contributed by atoms with Crippen molar-refractivity contribution < 1.29 is 39.8 Å². The molecule has 1 heterocycles. The minimum atomic E-state index is -1.57. The van der Waals surface area contributed by atoms with Crippen LogP contribution in [0, 0.1) is 0 Å². The molecule has 9 nitrogen and oxygen atoms in total. The van der Waals surface area contributed by atoms with Crippen LogP contribution in [-0.4, -0.2) is 87.5 Å². The highest BCUT2D eigenvalue weighted by atomic mass is 16.7. The number of carbonyl (C=O) groups excluding carboxylic acids is 1. The molecule has 1 aliphatic rings. The number of amides is 1. The van der Waals surface area contributed by atoms with Gasteiger partial charge in [-0.2, -0.15) is 0 Å². The number of hydrogen-bond donors (Lipinski definition) is 6. The van der Waals surface area contributed by atoms with Crippen molar-refractivity contribution >= 4 is 5.91 Å². The molecule has 0 saturated carbocycles. The van der Waals surface area contributed by atoms with Crippen LogP contribution in [0.5, 0.6) is 0 Å². The van der Waals surface area contributed by atoms with E-state index >= 15 is 0 Å². The van der Waals surface area contributed by atoms with Crippen LogP contribution in [0.3, 0.4) is 0 Å². The Morgan fingerprint density at radius 3 is 1.56 bits per heavy atom. The molecule has 1 fully saturated rings. The first-order valence-corrected chi connectivity index (χ1v) is 22.6. The minimum Gasteiger partial charge on any atom is -0.394 e. The third kappa shape index (κ3) is 26.5. The summed E-state index contributed by atoms with van der Waals surface area (Å²) in [4.78, 5) is 12.9. The van der Waals surface area contributed by atoms with Gasteiger partial charge in [0.2, 0.25) is 5.91 Å². The fraction of sp³-hybridized carbons (Fsp3) is 0.889. The van der Waals surface area contributed by atoms with Crippen LogP contribution in [0.25, 0.3) is 0 Å². The molecule has 1 aliphatic heterocycles. The number of allylic oxidation sites excluding steroid dienone is 3. The Hall–Kier alpha value is -1.33. The Morgan fingerprint density at radius 2 is 1.06 bits per heavy atom. The summed E-state index contributed by atoms with van der Waals surface area (Å²) in [6.07, 6.45) is 35.0. The molecule has 1 rings (SSSR count). The molecule has 1 amide bonds. The summed E-state index contributed by atoms with van der Waals surface area (Å²) < 4.78 is 11.2. The highest BCUT2D eigenvalue weighted by Crippen LogP contribution is 2.22. The number of aliphatic hydroxyl groups excluding tert-OH is 5. The van der Waals surface area contributed by atoms with Gasteiger partial charge < -0.3 is 40.3 Å². The first-order chi connectivity index (χ1) is 26.3. The van der Waals surface area contributed by atoms with Gasteiger partial charge in [0.25, 0.3) is 0 Å². The predicted octanol–water partition coefficient (Wildman–Crippen LogP) is 9.11. The lowest BCUT2D eigenvalue weighted by atomic mass is 9.99. The molecule has 0 aromatic carbocycles. The van der Waals surface area contributed by atoms with Crippen LogP contribution in [0.1, 0.15) is 200 Å².